The van der Waals surface area contributed by atoms with E-state index < -0.39 is 0 Å². The van der Waals surface area contributed by atoms with Crippen molar-refractivity contribution in [2.75, 3.05) is 5.32 Å². The Morgan fingerprint density at radius 3 is 3.07 bits per heavy atom. The van der Waals surface area contributed by atoms with Crippen LogP contribution in [-0.2, 0) is 0 Å². The minimum absolute atomic E-state index is 0.118. The molecule has 0 radical (unpaired) electrons. The van der Waals surface area contributed by atoms with Gasteiger partial charge >= 0.3 is 0 Å². The van der Waals surface area contributed by atoms with Crippen LogP contribution in [0.4, 0.5) is 11.4 Å². The molecule has 0 bridgehead atoms. The van der Waals surface area contributed by atoms with Crippen LogP contribution in [-0.4, -0.2) is 11.3 Å². The monoisotopic (exact) mass is 200 g/mol. The predicted octanol–water partition coefficient (Wildman–Crippen LogP) is 3.52. The zero-order valence-corrected chi connectivity index (χ0v) is 9.09. The Labute approximate surface area is 90.4 Å². The number of hydrogen-bond donors (Lipinski definition) is 1. The van der Waals surface area contributed by atoms with Crippen molar-refractivity contribution < 1.29 is 0 Å². The summed E-state index contributed by atoms with van der Waals surface area (Å²) in [5, 5.41) is 3.64. The highest BCUT2D eigenvalue weighted by molar-refractivity contribution is 6.01. The summed E-state index contributed by atoms with van der Waals surface area (Å²) in [5.74, 6) is 0. The van der Waals surface area contributed by atoms with Crippen molar-refractivity contribution in [3.8, 4) is 0 Å². The van der Waals surface area contributed by atoms with Crippen LogP contribution in [0, 0.1) is 0 Å². The van der Waals surface area contributed by atoms with E-state index in [1.807, 2.05) is 0 Å². The van der Waals surface area contributed by atoms with Gasteiger partial charge in [0.15, 0.2) is 0 Å². The van der Waals surface area contributed by atoms with Gasteiger partial charge in [-0.25, -0.2) is 0 Å². The van der Waals surface area contributed by atoms with Gasteiger partial charge < -0.3 is 5.32 Å². The maximum atomic E-state index is 4.79. The van der Waals surface area contributed by atoms with Crippen molar-refractivity contribution in [3.05, 3.63) is 24.3 Å². The van der Waals surface area contributed by atoms with Gasteiger partial charge in [0.05, 0.1) is 16.9 Å². The summed E-state index contributed by atoms with van der Waals surface area (Å²) in [6.07, 6.45) is 4.96. The fourth-order valence-corrected chi connectivity index (χ4v) is 2.62. The van der Waals surface area contributed by atoms with E-state index in [2.05, 4.69) is 36.5 Å². The number of para-hydroxylation sites is 2. The van der Waals surface area contributed by atoms with Gasteiger partial charge in [0, 0.05) is 5.71 Å². The maximum absolute atomic E-state index is 4.79. The first-order chi connectivity index (χ1) is 7.28. The Bertz CT molecular complexity index is 422. The summed E-state index contributed by atoms with van der Waals surface area (Å²) in [6, 6.07) is 8.33. The highest BCUT2D eigenvalue weighted by Gasteiger charge is 2.35. The van der Waals surface area contributed by atoms with Crippen LogP contribution in [0.15, 0.2) is 29.3 Å². The van der Waals surface area contributed by atoms with Gasteiger partial charge in [-0.3, -0.25) is 4.99 Å². The first-order valence-corrected chi connectivity index (χ1v) is 5.73. The first kappa shape index (κ1) is 8.96. The van der Waals surface area contributed by atoms with E-state index in [0.717, 1.165) is 12.1 Å². The van der Waals surface area contributed by atoms with Gasteiger partial charge in [-0.15, -0.1) is 0 Å². The molecule has 1 aliphatic carbocycles. The van der Waals surface area contributed by atoms with Crippen molar-refractivity contribution >= 4 is 17.1 Å². The molecular formula is C13H16N2. The zero-order valence-electron chi connectivity index (χ0n) is 9.09. The highest BCUT2D eigenvalue weighted by Crippen LogP contribution is 2.38. The minimum atomic E-state index is 0.118. The van der Waals surface area contributed by atoms with Crippen LogP contribution >= 0.6 is 0 Å². The molecule has 1 atom stereocenters. The summed E-state index contributed by atoms with van der Waals surface area (Å²) in [4.78, 5) is 4.79. The second-order valence-corrected chi connectivity index (χ2v) is 4.74. The van der Waals surface area contributed by atoms with E-state index in [1.165, 1.54) is 30.7 Å². The van der Waals surface area contributed by atoms with E-state index in [0.29, 0.717) is 0 Å². The van der Waals surface area contributed by atoms with Crippen molar-refractivity contribution in [2.24, 2.45) is 4.99 Å². The van der Waals surface area contributed by atoms with Gasteiger partial charge in [0.1, 0.15) is 0 Å². The Morgan fingerprint density at radius 1 is 1.27 bits per heavy atom. The van der Waals surface area contributed by atoms with Crippen LogP contribution in [0.5, 0.6) is 0 Å². The SMILES string of the molecule is CC12CCCCC1=Nc1ccccc1N2. The molecule has 1 heterocycles. The molecule has 1 unspecified atom stereocenters. The molecule has 1 aliphatic heterocycles. The maximum Gasteiger partial charge on any atom is 0.0861 e. The molecule has 0 aromatic heterocycles. The number of nitrogens with one attached hydrogen (secondary N) is 1. The van der Waals surface area contributed by atoms with Gasteiger partial charge in [-0.1, -0.05) is 18.6 Å². The average Bonchev–Trinajstić information content (AvgIpc) is 2.25. The minimum Gasteiger partial charge on any atom is -0.373 e. The molecule has 1 aromatic carbocycles. The molecule has 0 spiro atoms. The second-order valence-electron chi connectivity index (χ2n) is 4.74. The molecule has 3 rings (SSSR count). The Kier molecular flexibility index (Phi) is 1.84. The Hall–Kier alpha value is -1.31. The summed E-state index contributed by atoms with van der Waals surface area (Å²) in [6.45, 7) is 2.28. The molecule has 2 aliphatic rings. The number of fused-ring (bicyclic) bond motifs is 2. The van der Waals surface area contributed by atoms with Crippen LogP contribution in [0.1, 0.15) is 32.6 Å². The number of aliphatic imine (C=N–C) groups is 1. The van der Waals surface area contributed by atoms with Crippen molar-refractivity contribution in [3.63, 3.8) is 0 Å². The first-order valence-electron chi connectivity index (χ1n) is 5.73. The van der Waals surface area contributed by atoms with Gasteiger partial charge in [0.2, 0.25) is 0 Å². The largest absolute Gasteiger partial charge is 0.373 e. The summed E-state index contributed by atoms with van der Waals surface area (Å²) < 4.78 is 0. The van der Waals surface area contributed by atoms with Crippen LogP contribution in [0.3, 0.4) is 0 Å². The van der Waals surface area contributed by atoms with Gasteiger partial charge in [0.25, 0.3) is 0 Å². The van der Waals surface area contributed by atoms with Gasteiger partial charge in [-0.2, -0.15) is 0 Å². The number of nitrogens with zero attached hydrogens (tertiary/aromatic N) is 1. The lowest BCUT2D eigenvalue weighted by Gasteiger charge is -2.40. The van der Waals surface area contributed by atoms with Gasteiger partial charge in [-0.05, 0) is 38.3 Å². The lowest BCUT2D eigenvalue weighted by atomic mass is 9.80. The molecule has 1 N–H and O–H groups in total. The van der Waals surface area contributed by atoms with Crippen molar-refractivity contribution in [1.29, 1.82) is 0 Å². The molecule has 1 aromatic rings. The zero-order chi connectivity index (χ0) is 10.3. The van der Waals surface area contributed by atoms with E-state index in [-0.39, 0.29) is 5.54 Å². The van der Waals surface area contributed by atoms with E-state index in [9.17, 15) is 0 Å². The van der Waals surface area contributed by atoms with Crippen LogP contribution < -0.4 is 5.32 Å². The van der Waals surface area contributed by atoms with E-state index in [1.54, 1.807) is 0 Å². The molecule has 15 heavy (non-hydrogen) atoms. The van der Waals surface area contributed by atoms with Crippen molar-refractivity contribution in [1.82, 2.24) is 0 Å². The van der Waals surface area contributed by atoms with Crippen molar-refractivity contribution in [2.45, 2.75) is 38.1 Å². The molecule has 0 saturated heterocycles. The lowest BCUT2D eigenvalue weighted by Crippen LogP contribution is -2.47. The molecule has 1 fully saturated rings. The highest BCUT2D eigenvalue weighted by atomic mass is 15.1. The molecule has 2 heteroatoms. The topological polar surface area (TPSA) is 24.4 Å². The van der Waals surface area contributed by atoms with Crippen LogP contribution in [0.25, 0.3) is 0 Å². The average molecular weight is 200 g/mol. The molecule has 0 amide bonds. The second kappa shape index (κ2) is 3.09. The summed E-state index contributed by atoms with van der Waals surface area (Å²) in [7, 11) is 0. The van der Waals surface area contributed by atoms with E-state index >= 15 is 0 Å². The Balaban J connectivity index is 2.09. The summed E-state index contributed by atoms with van der Waals surface area (Å²) >= 11 is 0. The number of anilines is 1. The third-order valence-corrected chi connectivity index (χ3v) is 3.55. The normalized spacial score (nSPS) is 28.5. The predicted molar refractivity (Wildman–Crippen MR) is 64.0 cm³/mol. The van der Waals surface area contributed by atoms with Crippen LogP contribution in [0.2, 0.25) is 0 Å². The standard InChI is InChI=1S/C13H16N2/c1-13-9-5-4-8-12(13)14-10-6-2-3-7-11(10)15-13/h2-3,6-7,15H,4-5,8-9H2,1H3. The quantitative estimate of drug-likeness (QED) is 0.680. The number of rotatable bonds is 0. The fourth-order valence-electron chi connectivity index (χ4n) is 2.62. The Morgan fingerprint density at radius 2 is 2.13 bits per heavy atom. The molecule has 78 valence electrons. The summed E-state index contributed by atoms with van der Waals surface area (Å²) in [5.41, 5.74) is 3.75. The third kappa shape index (κ3) is 1.36. The molecular weight excluding hydrogens is 184 g/mol. The lowest BCUT2D eigenvalue weighted by molar-refractivity contribution is 0.513. The number of benzene rings is 1. The smallest absolute Gasteiger partial charge is 0.0861 e. The fraction of sp³-hybridized carbons (Fsp3) is 0.462. The third-order valence-electron chi connectivity index (χ3n) is 3.55. The molecule has 1 saturated carbocycles. The molecule has 2 nitrogen and oxygen atoms in total. The van der Waals surface area contributed by atoms with E-state index in [4.69, 9.17) is 4.99 Å². The number of hydrogen-bond acceptors (Lipinski definition) is 2.